The van der Waals surface area contributed by atoms with Crippen molar-refractivity contribution in [1.82, 2.24) is 5.32 Å². The van der Waals surface area contributed by atoms with Crippen molar-refractivity contribution in [2.24, 2.45) is 0 Å². The maximum absolute atomic E-state index is 13.4. The zero-order valence-corrected chi connectivity index (χ0v) is 13.9. The molecule has 0 aliphatic carbocycles. The molecule has 0 bridgehead atoms. The van der Waals surface area contributed by atoms with Crippen molar-refractivity contribution in [1.29, 1.82) is 0 Å². The topological polar surface area (TPSA) is 69.6 Å². The molecule has 0 aromatic heterocycles. The van der Waals surface area contributed by atoms with Gasteiger partial charge in [-0.25, -0.2) is 4.39 Å². The summed E-state index contributed by atoms with van der Waals surface area (Å²) < 4.78 is 13.4. The van der Waals surface area contributed by atoms with E-state index in [1.165, 1.54) is 19.1 Å². The van der Waals surface area contributed by atoms with Gasteiger partial charge in [0.05, 0.1) is 6.61 Å². The molecule has 6 heteroatoms. The molecule has 2 amide bonds. The van der Waals surface area contributed by atoms with Crippen LogP contribution in [-0.4, -0.2) is 23.5 Å². The Bertz CT molecular complexity index is 835. The van der Waals surface area contributed by atoms with E-state index in [0.29, 0.717) is 17.7 Å². The fourth-order valence-electron chi connectivity index (χ4n) is 3.01. The molecule has 0 radical (unpaired) electrons. The third kappa shape index (κ3) is 3.53. The summed E-state index contributed by atoms with van der Waals surface area (Å²) in [7, 11) is 0. The average molecular weight is 342 g/mol. The highest BCUT2D eigenvalue weighted by Gasteiger charge is 2.23. The molecule has 5 nitrogen and oxygen atoms in total. The van der Waals surface area contributed by atoms with Crippen LogP contribution in [0.15, 0.2) is 36.4 Å². The van der Waals surface area contributed by atoms with Crippen LogP contribution in [0.5, 0.6) is 0 Å². The highest BCUT2D eigenvalue weighted by Crippen LogP contribution is 2.28. The first-order valence-corrected chi connectivity index (χ1v) is 8.07. The van der Waals surface area contributed by atoms with Gasteiger partial charge in [0.2, 0.25) is 5.91 Å². The number of carbonyl (C=O) groups excluding carboxylic acids is 2. The van der Waals surface area contributed by atoms with E-state index >= 15 is 0 Å². The van der Waals surface area contributed by atoms with Crippen molar-refractivity contribution in [3.05, 3.63) is 64.5 Å². The molecule has 2 N–H and O–H groups in total. The zero-order valence-electron chi connectivity index (χ0n) is 13.9. The largest absolute Gasteiger partial charge is 0.392 e. The molecule has 25 heavy (non-hydrogen) atoms. The number of hydrogen-bond acceptors (Lipinski definition) is 3. The third-order valence-electron chi connectivity index (χ3n) is 4.35. The van der Waals surface area contributed by atoms with Crippen LogP contribution in [0, 0.1) is 5.82 Å². The number of carbonyl (C=O) groups is 2. The standard InChI is InChI=1S/C19H19FN2O3/c1-12(24)22-7-6-14-9-15(3-5-18(14)22)19(25)21-10-13-2-4-17(20)16(8-13)11-23/h2-5,8-9,23H,6-7,10-11H2,1H3,(H,21,25). The van der Waals surface area contributed by atoms with E-state index in [-0.39, 0.29) is 30.5 Å². The van der Waals surface area contributed by atoms with E-state index in [1.807, 2.05) is 0 Å². The highest BCUT2D eigenvalue weighted by molar-refractivity contribution is 5.97. The molecule has 0 saturated carbocycles. The number of aliphatic hydroxyl groups is 1. The van der Waals surface area contributed by atoms with Gasteiger partial charge < -0.3 is 15.3 Å². The summed E-state index contributed by atoms with van der Waals surface area (Å²) in [6.45, 7) is 2.02. The molecule has 1 aliphatic heterocycles. The van der Waals surface area contributed by atoms with Gasteiger partial charge in [0, 0.05) is 36.8 Å². The molecular formula is C19H19FN2O3. The summed E-state index contributed by atoms with van der Waals surface area (Å²) in [5, 5.41) is 11.9. The van der Waals surface area contributed by atoms with Crippen LogP contribution in [0.3, 0.4) is 0 Å². The van der Waals surface area contributed by atoms with Crippen molar-refractivity contribution >= 4 is 17.5 Å². The first kappa shape index (κ1) is 17.1. The summed E-state index contributed by atoms with van der Waals surface area (Å²) in [4.78, 5) is 25.6. The van der Waals surface area contributed by atoms with Crippen LogP contribution in [0.1, 0.15) is 34.0 Å². The normalized spacial score (nSPS) is 12.8. The number of nitrogens with zero attached hydrogens (tertiary/aromatic N) is 1. The second-order valence-corrected chi connectivity index (χ2v) is 6.03. The monoisotopic (exact) mass is 342 g/mol. The summed E-state index contributed by atoms with van der Waals surface area (Å²) in [5.41, 5.74) is 3.27. The highest BCUT2D eigenvalue weighted by atomic mass is 19.1. The summed E-state index contributed by atoms with van der Waals surface area (Å²) in [6, 6.07) is 9.67. The fraction of sp³-hybridized carbons (Fsp3) is 0.263. The molecular weight excluding hydrogens is 323 g/mol. The van der Waals surface area contributed by atoms with Gasteiger partial charge in [0.15, 0.2) is 0 Å². The van der Waals surface area contributed by atoms with Crippen LogP contribution in [0.4, 0.5) is 10.1 Å². The maximum atomic E-state index is 13.4. The summed E-state index contributed by atoms with van der Waals surface area (Å²) in [5.74, 6) is -0.711. The Hall–Kier alpha value is -2.73. The molecule has 1 heterocycles. The SMILES string of the molecule is CC(=O)N1CCc2cc(C(=O)NCc3ccc(F)c(CO)c3)ccc21. The number of halogens is 1. The predicted octanol–water partition coefficient (Wildman–Crippen LogP) is 2.16. The van der Waals surface area contributed by atoms with Crippen molar-refractivity contribution in [2.45, 2.75) is 26.5 Å². The Balaban J connectivity index is 1.69. The van der Waals surface area contributed by atoms with Crippen LogP contribution < -0.4 is 10.2 Å². The lowest BCUT2D eigenvalue weighted by molar-refractivity contribution is -0.116. The molecule has 0 spiro atoms. The summed E-state index contributed by atoms with van der Waals surface area (Å²) >= 11 is 0. The van der Waals surface area contributed by atoms with E-state index in [1.54, 1.807) is 29.2 Å². The van der Waals surface area contributed by atoms with Crippen LogP contribution >= 0.6 is 0 Å². The zero-order chi connectivity index (χ0) is 18.0. The number of hydrogen-bond donors (Lipinski definition) is 2. The van der Waals surface area contributed by atoms with E-state index in [0.717, 1.165) is 17.7 Å². The lowest BCUT2D eigenvalue weighted by Gasteiger charge is -2.14. The minimum absolute atomic E-state index is 0.00745. The second kappa shape index (κ2) is 7.03. The smallest absolute Gasteiger partial charge is 0.251 e. The molecule has 1 aliphatic rings. The number of fused-ring (bicyclic) bond motifs is 1. The molecule has 130 valence electrons. The third-order valence-corrected chi connectivity index (χ3v) is 4.35. The number of aliphatic hydroxyl groups excluding tert-OH is 1. The lowest BCUT2D eigenvalue weighted by atomic mass is 10.1. The van der Waals surface area contributed by atoms with Gasteiger partial charge in [-0.05, 0) is 47.9 Å². The minimum Gasteiger partial charge on any atom is -0.392 e. The van der Waals surface area contributed by atoms with Crippen molar-refractivity contribution in [3.8, 4) is 0 Å². The number of benzene rings is 2. The number of anilines is 1. The van der Waals surface area contributed by atoms with Crippen molar-refractivity contribution < 1.29 is 19.1 Å². The van der Waals surface area contributed by atoms with E-state index in [9.17, 15) is 14.0 Å². The Morgan fingerprint density at radius 2 is 2.04 bits per heavy atom. The number of nitrogens with one attached hydrogen (secondary N) is 1. The molecule has 3 rings (SSSR count). The average Bonchev–Trinajstić information content (AvgIpc) is 3.04. The molecule has 2 aromatic rings. The first-order valence-electron chi connectivity index (χ1n) is 8.07. The van der Waals surface area contributed by atoms with Gasteiger partial charge in [0.25, 0.3) is 5.91 Å². The Labute approximate surface area is 145 Å². The quantitative estimate of drug-likeness (QED) is 0.895. The number of amides is 2. The molecule has 0 fully saturated rings. The van der Waals surface area contributed by atoms with E-state index < -0.39 is 5.82 Å². The molecule has 0 atom stereocenters. The van der Waals surface area contributed by atoms with Gasteiger partial charge in [-0.15, -0.1) is 0 Å². The van der Waals surface area contributed by atoms with Crippen LogP contribution in [0.25, 0.3) is 0 Å². The van der Waals surface area contributed by atoms with Gasteiger partial charge >= 0.3 is 0 Å². The molecule has 0 saturated heterocycles. The van der Waals surface area contributed by atoms with Crippen molar-refractivity contribution in [3.63, 3.8) is 0 Å². The Kier molecular flexibility index (Phi) is 4.81. The molecule has 2 aromatic carbocycles. The summed E-state index contributed by atoms with van der Waals surface area (Å²) in [6.07, 6.45) is 0.730. The number of rotatable bonds is 4. The van der Waals surface area contributed by atoms with Gasteiger partial charge in [-0.1, -0.05) is 6.07 Å². The van der Waals surface area contributed by atoms with Crippen molar-refractivity contribution in [2.75, 3.05) is 11.4 Å². The fourth-order valence-corrected chi connectivity index (χ4v) is 3.01. The first-order chi connectivity index (χ1) is 12.0. The van der Waals surface area contributed by atoms with Gasteiger partial charge in [-0.2, -0.15) is 0 Å². The van der Waals surface area contributed by atoms with E-state index in [2.05, 4.69) is 5.32 Å². The second-order valence-electron chi connectivity index (χ2n) is 6.03. The Morgan fingerprint density at radius 1 is 1.24 bits per heavy atom. The minimum atomic E-state index is -0.466. The van der Waals surface area contributed by atoms with Crippen LogP contribution in [0.2, 0.25) is 0 Å². The predicted molar refractivity (Wildman–Crippen MR) is 91.7 cm³/mol. The molecule has 0 unspecified atom stereocenters. The Morgan fingerprint density at radius 3 is 2.76 bits per heavy atom. The van der Waals surface area contributed by atoms with Crippen LogP contribution in [-0.2, 0) is 24.4 Å². The lowest BCUT2D eigenvalue weighted by Crippen LogP contribution is -2.26. The van der Waals surface area contributed by atoms with Gasteiger partial charge in [0.1, 0.15) is 5.82 Å². The maximum Gasteiger partial charge on any atom is 0.251 e. The van der Waals surface area contributed by atoms with Gasteiger partial charge in [-0.3, -0.25) is 9.59 Å². The van der Waals surface area contributed by atoms with E-state index in [4.69, 9.17) is 5.11 Å².